The maximum Gasteiger partial charge on any atom is 0.320 e. The summed E-state index contributed by atoms with van der Waals surface area (Å²) in [4.78, 5) is 8.58. The third-order valence-electron chi connectivity index (χ3n) is 4.38. The van der Waals surface area contributed by atoms with E-state index in [-0.39, 0.29) is 11.6 Å². The van der Waals surface area contributed by atoms with Gasteiger partial charge in [0.05, 0.1) is 11.3 Å². The maximum absolute atomic E-state index is 12.3. The SMILES string of the molecule is C[n+]1cc(/N=C(\[O-])CSc2nc(-c3ccccc3)cc(-c3ccccc3)c2C#N)on1. The molecule has 0 amide bonds. The molecular formula is C23H17N5O2S. The van der Waals surface area contributed by atoms with Crippen LogP contribution in [0.5, 0.6) is 0 Å². The van der Waals surface area contributed by atoms with Crippen molar-refractivity contribution in [1.29, 1.82) is 5.26 Å². The van der Waals surface area contributed by atoms with Gasteiger partial charge in [-0.15, -0.1) is 0 Å². The van der Waals surface area contributed by atoms with Crippen LogP contribution in [0.3, 0.4) is 0 Å². The van der Waals surface area contributed by atoms with Crippen LogP contribution in [0.1, 0.15) is 5.56 Å². The quantitative estimate of drug-likeness (QED) is 0.203. The first-order valence-electron chi connectivity index (χ1n) is 9.40. The molecule has 8 heteroatoms. The van der Waals surface area contributed by atoms with Crippen molar-refractivity contribution >= 4 is 23.5 Å². The summed E-state index contributed by atoms with van der Waals surface area (Å²) in [6.45, 7) is 0. The maximum atomic E-state index is 12.3. The molecule has 0 atom stereocenters. The molecule has 4 rings (SSSR count). The standard InChI is InChI=1S/C23H17N5O2S/c1-28-14-22(30-27-28)26-21(29)15-31-23-19(13-24)18(16-8-4-2-5-9-16)12-20(25-23)17-10-6-3-7-11-17/h2-12,14H,15H2,1H3. The third-order valence-corrected chi connectivity index (χ3v) is 5.34. The smallest absolute Gasteiger partial charge is 0.320 e. The van der Waals surface area contributed by atoms with Crippen molar-refractivity contribution < 1.29 is 14.3 Å². The zero-order chi connectivity index (χ0) is 21.6. The van der Waals surface area contributed by atoms with E-state index in [1.54, 1.807) is 7.05 Å². The molecule has 0 aliphatic carbocycles. The van der Waals surface area contributed by atoms with Gasteiger partial charge >= 0.3 is 5.88 Å². The molecular weight excluding hydrogens is 410 g/mol. The van der Waals surface area contributed by atoms with Gasteiger partial charge in [-0.05, 0) is 17.5 Å². The molecule has 0 bridgehead atoms. The summed E-state index contributed by atoms with van der Waals surface area (Å²) in [6.07, 6.45) is 1.51. The van der Waals surface area contributed by atoms with E-state index in [1.807, 2.05) is 66.7 Å². The number of hydrogen-bond acceptors (Lipinski definition) is 7. The normalized spacial score (nSPS) is 11.3. The van der Waals surface area contributed by atoms with Crippen molar-refractivity contribution in [2.45, 2.75) is 5.03 Å². The zero-order valence-corrected chi connectivity index (χ0v) is 17.4. The minimum Gasteiger partial charge on any atom is -0.861 e. The zero-order valence-electron chi connectivity index (χ0n) is 16.6. The molecule has 2 aromatic carbocycles. The molecule has 0 aliphatic heterocycles. The van der Waals surface area contributed by atoms with Gasteiger partial charge in [-0.2, -0.15) is 5.26 Å². The van der Waals surface area contributed by atoms with Crippen LogP contribution in [0.4, 0.5) is 5.88 Å². The summed E-state index contributed by atoms with van der Waals surface area (Å²) >= 11 is 1.18. The Balaban J connectivity index is 1.73. The largest absolute Gasteiger partial charge is 0.861 e. The molecule has 0 unspecified atom stereocenters. The van der Waals surface area contributed by atoms with Gasteiger partial charge in [0.25, 0.3) is 6.20 Å². The number of thioether (sulfide) groups is 1. The molecule has 0 saturated carbocycles. The van der Waals surface area contributed by atoms with Crippen LogP contribution in [0.2, 0.25) is 0 Å². The number of hydrogen-bond donors (Lipinski definition) is 0. The van der Waals surface area contributed by atoms with E-state index < -0.39 is 5.90 Å². The van der Waals surface area contributed by atoms with Crippen molar-refractivity contribution in [2.75, 3.05) is 5.75 Å². The average Bonchev–Trinajstić information content (AvgIpc) is 3.22. The van der Waals surface area contributed by atoms with Gasteiger partial charge in [0.2, 0.25) is 0 Å². The minimum absolute atomic E-state index is 0.0125. The van der Waals surface area contributed by atoms with Crippen LogP contribution < -0.4 is 9.79 Å². The molecule has 0 aliphatic rings. The third kappa shape index (κ3) is 4.79. The predicted octanol–water partition coefficient (Wildman–Crippen LogP) is 3.28. The second kappa shape index (κ2) is 9.24. The first-order chi connectivity index (χ1) is 15.1. The van der Waals surface area contributed by atoms with Crippen LogP contribution in [-0.4, -0.2) is 21.9 Å². The summed E-state index contributed by atoms with van der Waals surface area (Å²) in [5.41, 5.74) is 3.76. The van der Waals surface area contributed by atoms with E-state index in [0.717, 1.165) is 22.4 Å². The van der Waals surface area contributed by atoms with Crippen molar-refractivity contribution in [3.63, 3.8) is 0 Å². The Morgan fingerprint density at radius 3 is 2.42 bits per heavy atom. The Hall–Kier alpha value is -3.96. The number of aromatic nitrogens is 3. The van der Waals surface area contributed by atoms with Crippen molar-refractivity contribution in [3.8, 4) is 28.5 Å². The van der Waals surface area contributed by atoms with Gasteiger partial charge in [-0.1, -0.05) is 77.1 Å². The summed E-state index contributed by atoms with van der Waals surface area (Å²) in [5, 5.41) is 26.3. The highest BCUT2D eigenvalue weighted by molar-refractivity contribution is 7.99. The van der Waals surface area contributed by atoms with E-state index in [4.69, 9.17) is 4.52 Å². The van der Waals surface area contributed by atoms with E-state index >= 15 is 0 Å². The monoisotopic (exact) mass is 427 g/mol. The van der Waals surface area contributed by atoms with Gasteiger partial charge in [0, 0.05) is 16.9 Å². The van der Waals surface area contributed by atoms with E-state index in [9.17, 15) is 10.4 Å². The summed E-state index contributed by atoms with van der Waals surface area (Å²) in [7, 11) is 1.67. The average molecular weight is 427 g/mol. The fourth-order valence-corrected chi connectivity index (χ4v) is 3.77. The van der Waals surface area contributed by atoms with E-state index in [1.165, 1.54) is 22.6 Å². The minimum atomic E-state index is -0.404. The lowest BCUT2D eigenvalue weighted by atomic mass is 9.99. The number of nitrogens with zero attached hydrogens (tertiary/aromatic N) is 5. The van der Waals surface area contributed by atoms with Crippen LogP contribution in [-0.2, 0) is 7.05 Å². The number of benzene rings is 2. The number of nitriles is 1. The highest BCUT2D eigenvalue weighted by Crippen LogP contribution is 2.34. The molecule has 2 heterocycles. The number of aliphatic imine (C=N–C) groups is 1. The van der Waals surface area contributed by atoms with Crippen LogP contribution in [0.15, 0.2) is 87.5 Å². The summed E-state index contributed by atoms with van der Waals surface area (Å²) in [5.74, 6) is -0.262. The lowest BCUT2D eigenvalue weighted by Gasteiger charge is -2.14. The molecule has 7 nitrogen and oxygen atoms in total. The molecule has 31 heavy (non-hydrogen) atoms. The van der Waals surface area contributed by atoms with Crippen LogP contribution >= 0.6 is 11.8 Å². The molecule has 0 saturated heterocycles. The highest BCUT2D eigenvalue weighted by Gasteiger charge is 2.16. The summed E-state index contributed by atoms with van der Waals surface area (Å²) < 4.78 is 6.35. The highest BCUT2D eigenvalue weighted by atomic mass is 32.2. The molecule has 0 fully saturated rings. The van der Waals surface area contributed by atoms with Crippen molar-refractivity contribution in [1.82, 2.24) is 10.3 Å². The fraction of sp³-hybridized carbons (Fsp3) is 0.0870. The summed E-state index contributed by atoms with van der Waals surface area (Å²) in [6, 6.07) is 23.6. The Morgan fingerprint density at radius 1 is 1.13 bits per heavy atom. The van der Waals surface area contributed by atoms with Gasteiger partial charge < -0.3 is 5.11 Å². The molecule has 152 valence electrons. The predicted molar refractivity (Wildman–Crippen MR) is 115 cm³/mol. The van der Waals surface area contributed by atoms with Crippen molar-refractivity contribution in [2.24, 2.45) is 12.0 Å². The molecule has 4 aromatic rings. The van der Waals surface area contributed by atoms with Gasteiger partial charge in [-0.3, -0.25) is 4.52 Å². The topological polar surface area (TPSA) is 102 Å². The Bertz CT molecular complexity index is 1260. The second-order valence-electron chi connectivity index (χ2n) is 6.59. The second-order valence-corrected chi connectivity index (χ2v) is 7.55. The fourth-order valence-electron chi connectivity index (χ4n) is 2.98. The van der Waals surface area contributed by atoms with E-state index in [0.29, 0.717) is 10.6 Å². The van der Waals surface area contributed by atoms with Gasteiger partial charge in [0.1, 0.15) is 11.1 Å². The first kappa shape index (κ1) is 20.3. The van der Waals surface area contributed by atoms with Gasteiger partial charge in [0.15, 0.2) is 12.3 Å². The number of rotatable bonds is 6. The lowest BCUT2D eigenvalue weighted by molar-refractivity contribution is -0.739. The number of pyridine rings is 1. The Labute approximate surface area is 183 Å². The van der Waals surface area contributed by atoms with Gasteiger partial charge in [-0.25, -0.2) is 9.98 Å². The van der Waals surface area contributed by atoms with E-state index in [2.05, 4.69) is 21.3 Å². The van der Waals surface area contributed by atoms with Crippen LogP contribution in [0, 0.1) is 11.3 Å². The lowest BCUT2D eigenvalue weighted by Crippen LogP contribution is -2.27. The van der Waals surface area contributed by atoms with Crippen molar-refractivity contribution in [3.05, 3.63) is 78.5 Å². The molecule has 0 spiro atoms. The van der Waals surface area contributed by atoms with Crippen LogP contribution in [0.25, 0.3) is 22.4 Å². The number of aryl methyl sites for hydroxylation is 1. The molecule has 0 N–H and O–H groups in total. The first-order valence-corrected chi connectivity index (χ1v) is 10.4. The molecule has 2 aromatic heterocycles. The Kier molecular flexibility index (Phi) is 6.05. The Morgan fingerprint density at radius 2 is 1.81 bits per heavy atom. The molecule has 0 radical (unpaired) electrons.